The molecule has 1 aliphatic carbocycles. The van der Waals surface area contributed by atoms with Gasteiger partial charge >= 0.3 is 6.18 Å². The monoisotopic (exact) mass is 374 g/mol. The van der Waals surface area contributed by atoms with Gasteiger partial charge in [-0.3, -0.25) is 0 Å². The maximum Gasteiger partial charge on any atom is 0.417 e. The first-order chi connectivity index (χ1) is 13.0. The molecule has 1 aliphatic heterocycles. The SMILES string of the molecule is FC(F)(F)C1=C/C(=C\CCOCc2ccccc2)c2cc3c(cc21)OCO3. The van der Waals surface area contributed by atoms with Gasteiger partial charge in [-0.1, -0.05) is 36.4 Å². The normalized spacial score (nSPS) is 16.6. The lowest BCUT2D eigenvalue weighted by atomic mass is 10.0. The van der Waals surface area contributed by atoms with Crippen LogP contribution >= 0.6 is 0 Å². The van der Waals surface area contributed by atoms with Gasteiger partial charge in [-0.15, -0.1) is 0 Å². The number of halogens is 3. The van der Waals surface area contributed by atoms with Crippen LogP contribution in [0.15, 0.2) is 54.6 Å². The van der Waals surface area contributed by atoms with E-state index in [-0.39, 0.29) is 12.4 Å². The summed E-state index contributed by atoms with van der Waals surface area (Å²) < 4.78 is 56.3. The summed E-state index contributed by atoms with van der Waals surface area (Å²) in [6.07, 6.45) is -0.971. The highest BCUT2D eigenvalue weighted by Crippen LogP contribution is 2.48. The smallest absolute Gasteiger partial charge is 0.417 e. The summed E-state index contributed by atoms with van der Waals surface area (Å²) in [7, 11) is 0. The maximum absolute atomic E-state index is 13.4. The molecule has 0 radical (unpaired) electrons. The number of hydrogen-bond donors (Lipinski definition) is 0. The number of benzene rings is 2. The van der Waals surface area contributed by atoms with Crippen LogP contribution in [0.2, 0.25) is 0 Å². The average Bonchev–Trinajstić information content (AvgIpc) is 3.24. The first-order valence-corrected chi connectivity index (χ1v) is 8.57. The van der Waals surface area contributed by atoms with Gasteiger partial charge < -0.3 is 14.2 Å². The Morgan fingerprint density at radius 2 is 1.70 bits per heavy atom. The Balaban J connectivity index is 1.49. The topological polar surface area (TPSA) is 27.7 Å². The highest BCUT2D eigenvalue weighted by Gasteiger charge is 2.40. The molecular weight excluding hydrogens is 357 g/mol. The van der Waals surface area contributed by atoms with E-state index in [0.717, 1.165) is 5.56 Å². The number of rotatable bonds is 5. The first kappa shape index (κ1) is 17.7. The second-order valence-electron chi connectivity index (χ2n) is 6.29. The number of alkyl halides is 3. The molecule has 0 saturated carbocycles. The molecule has 0 aromatic heterocycles. The van der Waals surface area contributed by atoms with Crippen molar-refractivity contribution >= 4 is 11.1 Å². The first-order valence-electron chi connectivity index (χ1n) is 8.57. The van der Waals surface area contributed by atoms with E-state index in [4.69, 9.17) is 14.2 Å². The second-order valence-corrected chi connectivity index (χ2v) is 6.29. The fourth-order valence-electron chi connectivity index (χ4n) is 3.18. The van der Waals surface area contributed by atoms with E-state index >= 15 is 0 Å². The second kappa shape index (κ2) is 7.12. The molecule has 3 nitrogen and oxygen atoms in total. The molecule has 4 rings (SSSR count). The summed E-state index contributed by atoms with van der Waals surface area (Å²) in [6, 6.07) is 12.8. The van der Waals surface area contributed by atoms with Crippen LogP contribution in [0.1, 0.15) is 23.1 Å². The van der Waals surface area contributed by atoms with Crippen LogP contribution in [0, 0.1) is 0 Å². The van der Waals surface area contributed by atoms with Gasteiger partial charge in [-0.25, -0.2) is 0 Å². The van der Waals surface area contributed by atoms with E-state index in [1.54, 1.807) is 12.1 Å². The molecule has 0 saturated heterocycles. The number of hydrogen-bond acceptors (Lipinski definition) is 3. The molecule has 6 heteroatoms. The average molecular weight is 374 g/mol. The third kappa shape index (κ3) is 3.71. The van der Waals surface area contributed by atoms with E-state index in [9.17, 15) is 13.2 Å². The Morgan fingerprint density at radius 1 is 1.00 bits per heavy atom. The largest absolute Gasteiger partial charge is 0.454 e. The minimum absolute atomic E-state index is 0.0235. The lowest BCUT2D eigenvalue weighted by molar-refractivity contribution is -0.0687. The van der Waals surface area contributed by atoms with Crippen molar-refractivity contribution in [3.05, 3.63) is 71.3 Å². The van der Waals surface area contributed by atoms with Crippen molar-refractivity contribution in [2.75, 3.05) is 13.4 Å². The predicted molar refractivity (Wildman–Crippen MR) is 95.3 cm³/mol. The molecule has 1 heterocycles. The van der Waals surface area contributed by atoms with Crippen molar-refractivity contribution in [1.82, 2.24) is 0 Å². The van der Waals surface area contributed by atoms with Crippen LogP contribution in [0.3, 0.4) is 0 Å². The van der Waals surface area contributed by atoms with Crippen molar-refractivity contribution in [1.29, 1.82) is 0 Å². The Bertz CT molecular complexity index is 899. The van der Waals surface area contributed by atoms with Gasteiger partial charge in [0.2, 0.25) is 6.79 Å². The number of ether oxygens (including phenoxy) is 3. The number of allylic oxidation sites excluding steroid dienone is 3. The fraction of sp³-hybridized carbons (Fsp3) is 0.238. The lowest BCUT2D eigenvalue weighted by Crippen LogP contribution is -2.09. The van der Waals surface area contributed by atoms with Gasteiger partial charge in [0.05, 0.1) is 18.8 Å². The molecule has 0 amide bonds. The molecule has 0 N–H and O–H groups in total. The summed E-state index contributed by atoms with van der Waals surface area (Å²) in [6.45, 7) is 0.923. The third-order valence-electron chi connectivity index (χ3n) is 4.46. The van der Waals surface area contributed by atoms with Crippen LogP contribution in [0.25, 0.3) is 11.1 Å². The summed E-state index contributed by atoms with van der Waals surface area (Å²) in [5.41, 5.74) is 1.56. The van der Waals surface area contributed by atoms with E-state index < -0.39 is 11.7 Å². The third-order valence-corrected chi connectivity index (χ3v) is 4.46. The van der Waals surface area contributed by atoms with E-state index in [2.05, 4.69) is 0 Å². The van der Waals surface area contributed by atoms with Gasteiger partial charge in [-0.2, -0.15) is 13.2 Å². The number of fused-ring (bicyclic) bond motifs is 2. The van der Waals surface area contributed by atoms with Crippen LogP contribution in [-0.2, 0) is 11.3 Å². The molecule has 0 atom stereocenters. The van der Waals surface area contributed by atoms with Crippen molar-refractivity contribution in [3.63, 3.8) is 0 Å². The fourth-order valence-corrected chi connectivity index (χ4v) is 3.18. The molecule has 2 aromatic rings. The Hall–Kier alpha value is -2.73. The van der Waals surface area contributed by atoms with Crippen molar-refractivity contribution in [3.8, 4) is 11.5 Å². The van der Waals surface area contributed by atoms with Gasteiger partial charge in [0.15, 0.2) is 11.5 Å². The van der Waals surface area contributed by atoms with E-state index in [1.807, 2.05) is 30.3 Å². The molecule has 2 aromatic carbocycles. The molecule has 0 spiro atoms. The van der Waals surface area contributed by atoms with E-state index in [1.165, 1.54) is 12.1 Å². The zero-order valence-corrected chi connectivity index (χ0v) is 14.4. The minimum atomic E-state index is -4.43. The summed E-state index contributed by atoms with van der Waals surface area (Å²) in [5, 5.41) is 0. The van der Waals surface area contributed by atoms with Crippen molar-refractivity contribution in [2.45, 2.75) is 19.2 Å². The quantitative estimate of drug-likeness (QED) is 0.659. The zero-order valence-electron chi connectivity index (χ0n) is 14.4. The summed E-state index contributed by atoms with van der Waals surface area (Å²) in [5.74, 6) is 0.813. The van der Waals surface area contributed by atoms with Crippen molar-refractivity contribution < 1.29 is 27.4 Å². The van der Waals surface area contributed by atoms with Crippen LogP contribution in [0.4, 0.5) is 13.2 Å². The van der Waals surface area contributed by atoms with Crippen LogP contribution < -0.4 is 9.47 Å². The van der Waals surface area contributed by atoms with Gasteiger partial charge in [0, 0.05) is 0 Å². The standard InChI is InChI=1S/C21H17F3O3/c22-21(23,24)18-9-15(7-4-8-25-12-14-5-2-1-3-6-14)16-10-19-20(11-17(16)18)27-13-26-19/h1-3,5-7,9-11H,4,8,12-13H2/b15-7+. The molecule has 2 aliphatic rings. The molecule has 0 fully saturated rings. The molecule has 0 unspecified atom stereocenters. The summed E-state index contributed by atoms with van der Waals surface area (Å²) >= 11 is 0. The molecule has 27 heavy (non-hydrogen) atoms. The van der Waals surface area contributed by atoms with Crippen LogP contribution in [0.5, 0.6) is 11.5 Å². The highest BCUT2D eigenvalue weighted by molar-refractivity contribution is 5.98. The maximum atomic E-state index is 13.4. The minimum Gasteiger partial charge on any atom is -0.454 e. The zero-order chi connectivity index (χ0) is 18.9. The Kier molecular flexibility index (Phi) is 4.66. The molecule has 140 valence electrons. The highest BCUT2D eigenvalue weighted by atomic mass is 19.4. The van der Waals surface area contributed by atoms with Gasteiger partial charge in [0.25, 0.3) is 0 Å². The van der Waals surface area contributed by atoms with Crippen molar-refractivity contribution in [2.24, 2.45) is 0 Å². The predicted octanol–water partition coefficient (Wildman–Crippen LogP) is 5.36. The van der Waals surface area contributed by atoms with Gasteiger partial charge in [-0.05, 0) is 46.9 Å². The molecular formula is C21H17F3O3. The molecule has 0 bridgehead atoms. The van der Waals surface area contributed by atoms with Gasteiger partial charge in [0.1, 0.15) is 0 Å². The summed E-state index contributed by atoms with van der Waals surface area (Å²) in [4.78, 5) is 0. The lowest BCUT2D eigenvalue weighted by Gasteiger charge is -2.10. The van der Waals surface area contributed by atoms with E-state index in [0.29, 0.717) is 42.3 Å². The van der Waals surface area contributed by atoms with Crippen LogP contribution in [-0.4, -0.2) is 19.6 Å². The Morgan fingerprint density at radius 3 is 2.41 bits per heavy atom. The Labute approximate surface area is 154 Å².